The van der Waals surface area contributed by atoms with E-state index in [4.69, 9.17) is 9.68 Å². The zero-order valence-electron chi connectivity index (χ0n) is 9.76. The van der Waals surface area contributed by atoms with Crippen LogP contribution in [0.5, 0.6) is 0 Å². The van der Waals surface area contributed by atoms with Crippen LogP contribution >= 0.6 is 22.6 Å². The van der Waals surface area contributed by atoms with Crippen molar-refractivity contribution in [1.82, 2.24) is 0 Å². The van der Waals surface area contributed by atoms with Gasteiger partial charge in [0.25, 0.3) is 5.91 Å². The summed E-state index contributed by atoms with van der Waals surface area (Å²) in [5.74, 6) is 0.00948. The number of hydrogen-bond acceptors (Lipinski definition) is 3. The van der Waals surface area contributed by atoms with Gasteiger partial charge in [0.1, 0.15) is 17.4 Å². The summed E-state index contributed by atoms with van der Waals surface area (Å²) in [6.07, 6.45) is 2.89. The number of nitrogens with one attached hydrogen (secondary N) is 1. The van der Waals surface area contributed by atoms with Gasteiger partial charge in [-0.05, 0) is 52.9 Å². The Labute approximate surface area is 123 Å². The smallest absolute Gasteiger partial charge is 0.266 e. The molecule has 1 amide bonds. The third kappa shape index (κ3) is 3.69. The zero-order chi connectivity index (χ0) is 13.7. The summed E-state index contributed by atoms with van der Waals surface area (Å²) >= 11 is 2.15. The van der Waals surface area contributed by atoms with E-state index in [0.717, 1.165) is 3.57 Å². The maximum atomic E-state index is 11.9. The van der Waals surface area contributed by atoms with Gasteiger partial charge in [-0.2, -0.15) is 5.26 Å². The third-order valence-electron chi connectivity index (χ3n) is 2.28. The average Bonchev–Trinajstić information content (AvgIpc) is 2.88. The molecule has 19 heavy (non-hydrogen) atoms. The molecule has 5 heteroatoms. The first-order chi connectivity index (χ1) is 9.19. The van der Waals surface area contributed by atoms with E-state index in [1.807, 2.05) is 24.3 Å². The summed E-state index contributed by atoms with van der Waals surface area (Å²) in [7, 11) is 0. The van der Waals surface area contributed by atoms with Crippen molar-refractivity contribution >= 4 is 40.3 Å². The van der Waals surface area contributed by atoms with Gasteiger partial charge in [-0.15, -0.1) is 0 Å². The predicted molar refractivity (Wildman–Crippen MR) is 80.1 cm³/mol. The Morgan fingerprint density at radius 1 is 1.37 bits per heavy atom. The second-order valence-electron chi connectivity index (χ2n) is 3.65. The highest BCUT2D eigenvalue weighted by Gasteiger charge is 2.10. The van der Waals surface area contributed by atoms with Crippen LogP contribution in [0.3, 0.4) is 0 Å². The number of carbonyl (C=O) groups excluding carboxylic acids is 1. The minimum Gasteiger partial charge on any atom is -0.465 e. The van der Waals surface area contributed by atoms with Crippen LogP contribution in [0.25, 0.3) is 6.08 Å². The summed E-state index contributed by atoms with van der Waals surface area (Å²) in [6, 6.07) is 12.6. The van der Waals surface area contributed by atoms with E-state index >= 15 is 0 Å². The van der Waals surface area contributed by atoms with E-state index in [9.17, 15) is 4.79 Å². The Morgan fingerprint density at radius 3 is 2.84 bits per heavy atom. The van der Waals surface area contributed by atoms with Crippen LogP contribution in [0.4, 0.5) is 5.69 Å². The topological polar surface area (TPSA) is 66.0 Å². The molecular weight excluding hydrogens is 355 g/mol. The maximum absolute atomic E-state index is 11.9. The minimum absolute atomic E-state index is 0.00573. The summed E-state index contributed by atoms with van der Waals surface area (Å²) in [6.45, 7) is 0. The van der Waals surface area contributed by atoms with E-state index in [2.05, 4.69) is 27.9 Å². The lowest BCUT2D eigenvalue weighted by molar-refractivity contribution is -0.112. The minimum atomic E-state index is -0.457. The van der Waals surface area contributed by atoms with Crippen molar-refractivity contribution in [1.29, 1.82) is 5.26 Å². The standard InChI is InChI=1S/C14H9IN2O2/c15-11-3-1-4-12(8-11)17-14(18)10(9-16)7-13-5-2-6-19-13/h1-8H,(H,17,18). The maximum Gasteiger partial charge on any atom is 0.266 e. The molecule has 0 atom stereocenters. The van der Waals surface area contributed by atoms with Crippen LogP contribution in [0.15, 0.2) is 52.7 Å². The molecule has 0 unspecified atom stereocenters. The summed E-state index contributed by atoms with van der Waals surface area (Å²) in [5, 5.41) is 11.7. The summed E-state index contributed by atoms with van der Waals surface area (Å²) in [5.41, 5.74) is 0.645. The van der Waals surface area contributed by atoms with Crippen molar-refractivity contribution in [2.45, 2.75) is 0 Å². The van der Waals surface area contributed by atoms with Gasteiger partial charge in [0.15, 0.2) is 0 Å². The Balaban J connectivity index is 2.17. The Bertz CT molecular complexity index is 654. The molecule has 0 bridgehead atoms. The second kappa shape index (κ2) is 6.20. The first-order valence-electron chi connectivity index (χ1n) is 5.41. The number of anilines is 1. The number of benzene rings is 1. The number of rotatable bonds is 3. The van der Waals surface area contributed by atoms with Crippen molar-refractivity contribution in [3.05, 3.63) is 57.6 Å². The molecule has 1 N–H and O–H groups in total. The molecule has 4 nitrogen and oxygen atoms in total. The van der Waals surface area contributed by atoms with E-state index < -0.39 is 5.91 Å². The lowest BCUT2D eigenvalue weighted by Crippen LogP contribution is -2.13. The van der Waals surface area contributed by atoms with Crippen LogP contribution in [0.2, 0.25) is 0 Å². The highest BCUT2D eigenvalue weighted by molar-refractivity contribution is 14.1. The molecular formula is C14H9IN2O2. The Hall–Kier alpha value is -2.07. The number of nitrogens with zero attached hydrogens (tertiary/aromatic N) is 1. The molecule has 0 fully saturated rings. The molecule has 0 aliphatic carbocycles. The van der Waals surface area contributed by atoms with Gasteiger partial charge in [0, 0.05) is 15.3 Å². The SMILES string of the molecule is N#CC(=Cc1ccco1)C(=O)Nc1cccc(I)c1. The molecule has 0 aliphatic rings. The van der Waals surface area contributed by atoms with Gasteiger partial charge < -0.3 is 9.73 Å². The van der Waals surface area contributed by atoms with Gasteiger partial charge in [0.05, 0.1) is 6.26 Å². The van der Waals surface area contributed by atoms with E-state index in [-0.39, 0.29) is 5.57 Å². The molecule has 0 saturated carbocycles. The quantitative estimate of drug-likeness (QED) is 0.516. The Kier molecular flexibility index (Phi) is 4.36. The highest BCUT2D eigenvalue weighted by atomic mass is 127. The molecule has 1 heterocycles. The molecule has 0 saturated heterocycles. The normalized spacial score (nSPS) is 10.8. The fourth-order valence-corrected chi connectivity index (χ4v) is 1.97. The van der Waals surface area contributed by atoms with Crippen molar-refractivity contribution in [2.24, 2.45) is 0 Å². The third-order valence-corrected chi connectivity index (χ3v) is 2.95. The number of carbonyl (C=O) groups is 1. The molecule has 94 valence electrons. The van der Waals surface area contributed by atoms with Crippen molar-refractivity contribution in [2.75, 3.05) is 5.32 Å². The van der Waals surface area contributed by atoms with Gasteiger partial charge in [-0.3, -0.25) is 4.79 Å². The first kappa shape index (κ1) is 13.4. The van der Waals surface area contributed by atoms with E-state index in [1.165, 1.54) is 12.3 Å². The van der Waals surface area contributed by atoms with Gasteiger partial charge in [-0.25, -0.2) is 0 Å². The van der Waals surface area contributed by atoms with E-state index in [0.29, 0.717) is 11.4 Å². The van der Waals surface area contributed by atoms with Crippen LogP contribution < -0.4 is 5.32 Å². The van der Waals surface area contributed by atoms with Crippen LogP contribution in [-0.4, -0.2) is 5.91 Å². The highest BCUT2D eigenvalue weighted by Crippen LogP contribution is 2.14. The molecule has 2 rings (SSSR count). The van der Waals surface area contributed by atoms with Crippen molar-refractivity contribution in [3.63, 3.8) is 0 Å². The summed E-state index contributed by atoms with van der Waals surface area (Å²) < 4.78 is 6.08. The second-order valence-corrected chi connectivity index (χ2v) is 4.90. The monoisotopic (exact) mass is 364 g/mol. The lowest BCUT2D eigenvalue weighted by atomic mass is 10.2. The van der Waals surface area contributed by atoms with Crippen LogP contribution in [0, 0.1) is 14.9 Å². The number of nitriles is 1. The number of furan rings is 1. The zero-order valence-corrected chi connectivity index (χ0v) is 11.9. The van der Waals surface area contributed by atoms with Crippen molar-refractivity contribution in [3.8, 4) is 6.07 Å². The van der Waals surface area contributed by atoms with Gasteiger partial charge >= 0.3 is 0 Å². The molecule has 0 spiro atoms. The van der Waals surface area contributed by atoms with Gasteiger partial charge in [-0.1, -0.05) is 6.07 Å². The average molecular weight is 364 g/mol. The van der Waals surface area contributed by atoms with Crippen LogP contribution in [0.1, 0.15) is 5.76 Å². The molecule has 1 aromatic carbocycles. The number of hydrogen-bond donors (Lipinski definition) is 1. The van der Waals surface area contributed by atoms with E-state index in [1.54, 1.807) is 18.2 Å². The molecule has 0 aliphatic heterocycles. The largest absolute Gasteiger partial charge is 0.465 e. The summed E-state index contributed by atoms with van der Waals surface area (Å²) in [4.78, 5) is 11.9. The number of amides is 1. The van der Waals surface area contributed by atoms with Crippen molar-refractivity contribution < 1.29 is 9.21 Å². The lowest BCUT2D eigenvalue weighted by Gasteiger charge is -2.04. The molecule has 0 radical (unpaired) electrons. The fraction of sp³-hybridized carbons (Fsp3) is 0. The molecule has 1 aromatic heterocycles. The number of halogens is 1. The molecule has 2 aromatic rings. The Morgan fingerprint density at radius 2 is 2.21 bits per heavy atom. The predicted octanol–water partition coefficient (Wildman–Crippen LogP) is 3.43. The fourth-order valence-electron chi connectivity index (χ4n) is 1.43. The first-order valence-corrected chi connectivity index (χ1v) is 6.49. The van der Waals surface area contributed by atoms with Gasteiger partial charge in [0.2, 0.25) is 0 Å². The van der Waals surface area contributed by atoms with Crippen LogP contribution in [-0.2, 0) is 4.79 Å².